The van der Waals surface area contributed by atoms with E-state index >= 15 is 0 Å². The van der Waals surface area contributed by atoms with Gasteiger partial charge in [-0.15, -0.1) is 0 Å². The van der Waals surface area contributed by atoms with E-state index in [1.54, 1.807) is 12.3 Å². The van der Waals surface area contributed by atoms with Crippen LogP contribution in [0.2, 0.25) is 5.02 Å². The number of para-hydroxylation sites is 1. The van der Waals surface area contributed by atoms with E-state index in [1.165, 1.54) is 17.0 Å². The van der Waals surface area contributed by atoms with Gasteiger partial charge in [0.2, 0.25) is 11.8 Å². The molecule has 0 saturated carbocycles. The SMILES string of the molecule is Cc1nc(Nc2ncc(C(=O)Nc3c(C)cccc3Cl)s2)cc(N2CCC3(CCN(c4ccc(C5CCC(=O)NC5=O)cc4)CC3)CC2)n1. The third kappa shape index (κ3) is 7.25. The van der Waals surface area contributed by atoms with Crippen molar-refractivity contribution in [3.05, 3.63) is 81.6 Å². The summed E-state index contributed by atoms with van der Waals surface area (Å²) in [5.41, 5.74) is 3.96. The van der Waals surface area contributed by atoms with Crippen LogP contribution in [0.5, 0.6) is 0 Å². The van der Waals surface area contributed by atoms with Crippen molar-refractivity contribution in [3.8, 4) is 0 Å². The van der Waals surface area contributed by atoms with Crippen LogP contribution in [-0.4, -0.2) is 58.9 Å². The smallest absolute Gasteiger partial charge is 0.267 e. The normalized spacial score (nSPS) is 19.1. The summed E-state index contributed by atoms with van der Waals surface area (Å²) >= 11 is 7.55. The van der Waals surface area contributed by atoms with Crippen molar-refractivity contribution in [1.29, 1.82) is 0 Å². The van der Waals surface area contributed by atoms with Gasteiger partial charge >= 0.3 is 0 Å². The number of aromatic nitrogens is 3. The molecule has 1 unspecified atom stereocenters. The number of thiazole rings is 1. The van der Waals surface area contributed by atoms with E-state index in [1.807, 2.05) is 44.2 Å². The Morgan fingerprint density at radius 1 is 0.980 bits per heavy atom. The number of carbonyl (C=O) groups is 3. The van der Waals surface area contributed by atoms with Crippen LogP contribution in [0.4, 0.5) is 28.1 Å². The van der Waals surface area contributed by atoms with E-state index in [-0.39, 0.29) is 23.6 Å². The molecule has 11 nitrogen and oxygen atoms in total. The van der Waals surface area contributed by atoms with E-state index in [4.69, 9.17) is 16.6 Å². The summed E-state index contributed by atoms with van der Waals surface area (Å²) in [7, 11) is 0. The van der Waals surface area contributed by atoms with Crippen LogP contribution in [0.1, 0.15) is 71.1 Å². The van der Waals surface area contributed by atoms with Gasteiger partial charge < -0.3 is 20.4 Å². The van der Waals surface area contributed by atoms with Crippen molar-refractivity contribution in [3.63, 3.8) is 0 Å². The van der Waals surface area contributed by atoms with E-state index in [9.17, 15) is 14.4 Å². The second-order valence-electron chi connectivity index (χ2n) is 13.3. The molecule has 3 aliphatic heterocycles. The summed E-state index contributed by atoms with van der Waals surface area (Å²) in [5.74, 6) is 1.30. The molecule has 3 saturated heterocycles. The highest BCUT2D eigenvalue weighted by Crippen LogP contribution is 2.43. The van der Waals surface area contributed by atoms with Crippen molar-refractivity contribution < 1.29 is 14.4 Å². The summed E-state index contributed by atoms with van der Waals surface area (Å²) in [6.07, 6.45) is 7.00. The largest absolute Gasteiger partial charge is 0.371 e. The molecule has 2 aromatic heterocycles. The zero-order valence-corrected chi connectivity index (χ0v) is 29.2. The predicted octanol–water partition coefficient (Wildman–Crippen LogP) is 6.61. The van der Waals surface area contributed by atoms with E-state index in [0.29, 0.717) is 50.6 Å². The Hall–Kier alpha value is -4.55. The topological polar surface area (TPSA) is 132 Å². The molecule has 49 heavy (non-hydrogen) atoms. The monoisotopic (exact) mass is 698 g/mol. The molecule has 3 N–H and O–H groups in total. The van der Waals surface area contributed by atoms with Crippen LogP contribution in [0.15, 0.2) is 54.7 Å². The van der Waals surface area contributed by atoms with Gasteiger partial charge in [-0.1, -0.05) is 47.2 Å². The number of amides is 3. The highest BCUT2D eigenvalue weighted by Gasteiger charge is 2.38. The Labute approximate surface area is 294 Å². The molecule has 7 rings (SSSR count). The molecule has 0 radical (unpaired) electrons. The molecule has 1 spiro atoms. The lowest BCUT2D eigenvalue weighted by atomic mass is 9.71. The molecule has 0 aliphatic carbocycles. The Morgan fingerprint density at radius 3 is 2.39 bits per heavy atom. The van der Waals surface area contributed by atoms with E-state index < -0.39 is 0 Å². The van der Waals surface area contributed by atoms with Gasteiger partial charge in [0.15, 0.2) is 5.13 Å². The number of benzene rings is 2. The fraction of sp³-hybridized carbons (Fsp3) is 0.389. The summed E-state index contributed by atoms with van der Waals surface area (Å²) < 4.78 is 0. The average Bonchev–Trinajstić information content (AvgIpc) is 3.56. The van der Waals surface area contributed by atoms with Crippen LogP contribution in [0.3, 0.4) is 0 Å². The Balaban J connectivity index is 0.929. The molecular formula is C36H39ClN8O3S. The first-order valence-corrected chi connectivity index (χ1v) is 17.9. The Morgan fingerprint density at radius 2 is 1.69 bits per heavy atom. The number of hydrogen-bond acceptors (Lipinski definition) is 10. The van der Waals surface area contributed by atoms with Gasteiger partial charge in [-0.05, 0) is 80.7 Å². The Kier molecular flexibility index (Phi) is 9.25. The summed E-state index contributed by atoms with van der Waals surface area (Å²) in [6.45, 7) is 7.66. The van der Waals surface area contributed by atoms with Crippen LogP contribution in [0, 0.1) is 19.3 Å². The van der Waals surface area contributed by atoms with Gasteiger partial charge in [0.25, 0.3) is 5.91 Å². The minimum Gasteiger partial charge on any atom is -0.371 e. The molecule has 3 fully saturated rings. The van der Waals surface area contributed by atoms with Crippen LogP contribution in [-0.2, 0) is 9.59 Å². The number of halogens is 1. The van der Waals surface area contributed by atoms with Gasteiger partial charge in [-0.3, -0.25) is 19.7 Å². The van der Waals surface area contributed by atoms with Crippen LogP contribution >= 0.6 is 22.9 Å². The minimum absolute atomic E-state index is 0.185. The first-order chi connectivity index (χ1) is 23.6. The maximum Gasteiger partial charge on any atom is 0.267 e. The van der Waals surface area contributed by atoms with Gasteiger partial charge in [-0.2, -0.15) is 0 Å². The lowest BCUT2D eigenvalue weighted by Gasteiger charge is -2.47. The zero-order valence-electron chi connectivity index (χ0n) is 27.6. The Bertz CT molecular complexity index is 1860. The van der Waals surface area contributed by atoms with Crippen molar-refractivity contribution in [2.24, 2.45) is 5.41 Å². The third-order valence-corrected chi connectivity index (χ3v) is 11.3. The highest BCUT2D eigenvalue weighted by atomic mass is 35.5. The first kappa shape index (κ1) is 33.0. The molecule has 4 aromatic rings. The molecule has 0 bridgehead atoms. The average molecular weight is 699 g/mol. The number of piperidine rings is 3. The standard InChI is InChI=1S/C36H39ClN8O3S/c1-22-4-3-5-27(37)32(22)43-34(48)28-21-38-35(49-28)41-29-20-30(40-23(2)39-29)45-18-14-36(15-19-45)12-16-44(17-13-36)25-8-6-24(7-9-25)26-10-11-31(46)42-33(26)47/h3-9,20-21,26H,10-19H2,1-2H3,(H,43,48)(H,42,46,47)(H,38,39,40,41). The number of nitrogens with one attached hydrogen (secondary N) is 3. The van der Waals surface area contributed by atoms with Gasteiger partial charge in [0, 0.05) is 44.4 Å². The summed E-state index contributed by atoms with van der Waals surface area (Å²) in [5, 5.41) is 9.70. The second kappa shape index (κ2) is 13.8. The number of nitrogens with zero attached hydrogens (tertiary/aromatic N) is 5. The van der Waals surface area contributed by atoms with Crippen molar-refractivity contribution in [2.45, 2.75) is 58.3 Å². The van der Waals surface area contributed by atoms with E-state index in [0.717, 1.165) is 68.8 Å². The van der Waals surface area contributed by atoms with Crippen molar-refractivity contribution >= 4 is 68.8 Å². The van der Waals surface area contributed by atoms with Gasteiger partial charge in [-0.25, -0.2) is 15.0 Å². The lowest BCUT2D eigenvalue weighted by molar-refractivity contribution is -0.134. The molecule has 13 heteroatoms. The van der Waals surface area contributed by atoms with Crippen molar-refractivity contribution in [1.82, 2.24) is 20.3 Å². The summed E-state index contributed by atoms with van der Waals surface area (Å²) in [6, 6.07) is 15.8. The molecular weight excluding hydrogens is 660 g/mol. The first-order valence-electron chi connectivity index (χ1n) is 16.7. The third-order valence-electron chi connectivity index (χ3n) is 10.1. The fourth-order valence-corrected chi connectivity index (χ4v) is 8.16. The molecule has 2 aromatic carbocycles. The lowest BCUT2D eigenvalue weighted by Crippen LogP contribution is -2.47. The molecule has 1 atom stereocenters. The highest BCUT2D eigenvalue weighted by molar-refractivity contribution is 7.17. The fourth-order valence-electron chi connectivity index (χ4n) is 7.17. The minimum atomic E-state index is -0.267. The number of imide groups is 1. The maximum absolute atomic E-state index is 12.9. The number of anilines is 5. The number of hydrogen-bond donors (Lipinski definition) is 3. The summed E-state index contributed by atoms with van der Waals surface area (Å²) in [4.78, 5) is 55.8. The van der Waals surface area contributed by atoms with Crippen molar-refractivity contribution in [2.75, 3.05) is 46.6 Å². The number of carbonyl (C=O) groups excluding carboxylic acids is 3. The van der Waals surface area contributed by atoms with Crippen LogP contribution < -0.4 is 25.8 Å². The van der Waals surface area contributed by atoms with Gasteiger partial charge in [0.1, 0.15) is 22.3 Å². The predicted molar refractivity (Wildman–Crippen MR) is 193 cm³/mol. The van der Waals surface area contributed by atoms with Crippen LogP contribution in [0.25, 0.3) is 0 Å². The maximum atomic E-state index is 12.9. The number of aryl methyl sites for hydroxylation is 2. The quantitative estimate of drug-likeness (QED) is 0.183. The van der Waals surface area contributed by atoms with E-state index in [2.05, 4.69) is 47.9 Å². The second-order valence-corrected chi connectivity index (χ2v) is 14.7. The molecule has 3 amide bonds. The molecule has 3 aliphatic rings. The number of rotatable bonds is 7. The molecule has 254 valence electrons. The van der Waals surface area contributed by atoms with Gasteiger partial charge in [0.05, 0.1) is 22.8 Å². The molecule has 5 heterocycles. The zero-order chi connectivity index (χ0) is 34.1.